The molecule has 0 bridgehead atoms. The number of nitrogens with one attached hydrogen (secondary N) is 2. The molecular weight excluding hydrogens is 284 g/mol. The SMILES string of the molecule is COC(=O)Cc1cn2ncnc(Nc3cc(C)[nH]n3)c2c1C. The van der Waals surface area contributed by atoms with Crippen molar-refractivity contribution in [3.05, 3.63) is 35.4 Å². The maximum atomic E-state index is 11.5. The summed E-state index contributed by atoms with van der Waals surface area (Å²) in [6.07, 6.45) is 3.47. The number of ether oxygens (including phenoxy) is 1. The summed E-state index contributed by atoms with van der Waals surface area (Å²) in [6, 6.07) is 1.88. The smallest absolute Gasteiger partial charge is 0.310 e. The Kier molecular flexibility index (Phi) is 3.50. The van der Waals surface area contributed by atoms with Gasteiger partial charge in [0.05, 0.1) is 13.5 Å². The minimum atomic E-state index is -0.288. The van der Waals surface area contributed by atoms with Gasteiger partial charge in [0, 0.05) is 18.0 Å². The molecule has 0 aliphatic carbocycles. The number of nitrogens with zero attached hydrogens (tertiary/aromatic N) is 4. The minimum Gasteiger partial charge on any atom is -0.469 e. The second-order valence-corrected chi connectivity index (χ2v) is 5.00. The lowest BCUT2D eigenvalue weighted by Crippen LogP contribution is -2.04. The predicted molar refractivity (Wildman–Crippen MR) is 80.1 cm³/mol. The van der Waals surface area contributed by atoms with Crippen LogP contribution in [0.3, 0.4) is 0 Å². The number of hydrogen-bond acceptors (Lipinski definition) is 6. The first kappa shape index (κ1) is 14.1. The molecule has 8 heteroatoms. The molecule has 0 amide bonds. The summed E-state index contributed by atoms with van der Waals surface area (Å²) in [5.41, 5.74) is 3.54. The third kappa shape index (κ3) is 2.50. The van der Waals surface area contributed by atoms with Crippen LogP contribution in [0.5, 0.6) is 0 Å². The van der Waals surface area contributed by atoms with Gasteiger partial charge < -0.3 is 10.1 Å². The Hall–Kier alpha value is -2.90. The van der Waals surface area contributed by atoms with Crippen LogP contribution in [0.1, 0.15) is 16.8 Å². The topological polar surface area (TPSA) is 97.2 Å². The Morgan fingerprint density at radius 1 is 1.45 bits per heavy atom. The molecule has 3 heterocycles. The molecule has 0 aromatic carbocycles. The van der Waals surface area contributed by atoms with E-state index in [1.54, 1.807) is 4.52 Å². The van der Waals surface area contributed by atoms with Crippen LogP contribution in [0.15, 0.2) is 18.6 Å². The van der Waals surface area contributed by atoms with Crippen LogP contribution in [-0.4, -0.2) is 37.9 Å². The van der Waals surface area contributed by atoms with Crippen molar-refractivity contribution < 1.29 is 9.53 Å². The number of aromatic nitrogens is 5. The lowest BCUT2D eigenvalue weighted by molar-refractivity contribution is -0.139. The number of carbonyl (C=O) groups excluding carboxylic acids is 1. The molecule has 22 heavy (non-hydrogen) atoms. The molecule has 0 saturated heterocycles. The zero-order valence-electron chi connectivity index (χ0n) is 12.5. The Morgan fingerprint density at radius 3 is 2.95 bits per heavy atom. The van der Waals surface area contributed by atoms with Crippen molar-refractivity contribution in [2.24, 2.45) is 0 Å². The molecule has 0 saturated carbocycles. The van der Waals surface area contributed by atoms with Crippen molar-refractivity contribution in [3.8, 4) is 0 Å². The molecule has 0 aliphatic rings. The summed E-state index contributed by atoms with van der Waals surface area (Å²) in [7, 11) is 1.38. The van der Waals surface area contributed by atoms with Crippen LogP contribution in [0.25, 0.3) is 5.52 Å². The minimum absolute atomic E-state index is 0.201. The predicted octanol–water partition coefficient (Wildman–Crippen LogP) is 1.53. The second kappa shape index (κ2) is 5.47. The lowest BCUT2D eigenvalue weighted by atomic mass is 10.1. The summed E-state index contributed by atoms with van der Waals surface area (Å²) in [5, 5.41) is 14.3. The summed E-state index contributed by atoms with van der Waals surface area (Å²) in [6.45, 7) is 3.85. The number of rotatable bonds is 4. The highest BCUT2D eigenvalue weighted by molar-refractivity contribution is 5.80. The Bertz CT molecular complexity index is 835. The van der Waals surface area contributed by atoms with E-state index in [0.29, 0.717) is 11.6 Å². The fourth-order valence-electron chi connectivity index (χ4n) is 2.31. The standard InChI is InChI=1S/C14H16N6O2/c1-8-4-11(19-18-8)17-14-13-9(2)10(5-12(21)22-3)6-20(13)16-7-15-14/h4,6-7H,5H2,1-3H3,(H2,15,16,17,18,19). The van der Waals surface area contributed by atoms with Gasteiger partial charge in [-0.2, -0.15) is 10.2 Å². The molecule has 3 aromatic rings. The quantitative estimate of drug-likeness (QED) is 0.709. The van der Waals surface area contributed by atoms with Crippen molar-refractivity contribution in [1.82, 2.24) is 24.8 Å². The van der Waals surface area contributed by atoms with Crippen molar-refractivity contribution in [2.75, 3.05) is 12.4 Å². The third-order valence-corrected chi connectivity index (χ3v) is 3.45. The largest absolute Gasteiger partial charge is 0.469 e. The molecule has 3 rings (SSSR count). The van der Waals surface area contributed by atoms with E-state index in [1.165, 1.54) is 13.4 Å². The molecule has 8 nitrogen and oxygen atoms in total. The highest BCUT2D eigenvalue weighted by Crippen LogP contribution is 2.25. The zero-order chi connectivity index (χ0) is 15.7. The highest BCUT2D eigenvalue weighted by Gasteiger charge is 2.15. The normalized spacial score (nSPS) is 10.9. The molecule has 0 unspecified atom stereocenters. The lowest BCUT2D eigenvalue weighted by Gasteiger charge is -2.05. The van der Waals surface area contributed by atoms with E-state index < -0.39 is 0 Å². The van der Waals surface area contributed by atoms with Crippen molar-refractivity contribution in [3.63, 3.8) is 0 Å². The van der Waals surface area contributed by atoms with Crippen molar-refractivity contribution in [1.29, 1.82) is 0 Å². The van der Waals surface area contributed by atoms with Gasteiger partial charge in [-0.1, -0.05) is 0 Å². The maximum Gasteiger partial charge on any atom is 0.310 e. The molecule has 2 N–H and O–H groups in total. The molecule has 3 aromatic heterocycles. The van der Waals surface area contributed by atoms with Gasteiger partial charge in [-0.25, -0.2) is 9.50 Å². The number of esters is 1. The van der Waals surface area contributed by atoms with Crippen molar-refractivity contribution >= 4 is 23.1 Å². The summed E-state index contributed by atoms with van der Waals surface area (Å²) in [5.74, 6) is 1.02. The highest BCUT2D eigenvalue weighted by atomic mass is 16.5. The first-order valence-electron chi connectivity index (χ1n) is 6.76. The first-order chi connectivity index (χ1) is 10.6. The summed E-state index contributed by atoms with van der Waals surface area (Å²) < 4.78 is 6.42. The zero-order valence-corrected chi connectivity index (χ0v) is 12.5. The number of methoxy groups -OCH3 is 1. The first-order valence-corrected chi connectivity index (χ1v) is 6.76. The van der Waals surface area contributed by atoms with Gasteiger partial charge in [-0.05, 0) is 25.0 Å². The number of H-pyrrole nitrogens is 1. The molecule has 0 fully saturated rings. The van der Waals surface area contributed by atoms with Gasteiger partial charge in [0.25, 0.3) is 0 Å². The number of aromatic amines is 1. The molecule has 0 radical (unpaired) electrons. The molecule has 0 aliphatic heterocycles. The van der Waals surface area contributed by atoms with Gasteiger partial charge in [0.2, 0.25) is 0 Å². The molecular formula is C14H16N6O2. The van der Waals surface area contributed by atoms with Gasteiger partial charge in [0.1, 0.15) is 11.8 Å². The van der Waals surface area contributed by atoms with Gasteiger partial charge in [0.15, 0.2) is 11.6 Å². The van der Waals surface area contributed by atoms with E-state index in [0.717, 1.165) is 22.3 Å². The van der Waals surface area contributed by atoms with Gasteiger partial charge in [-0.15, -0.1) is 0 Å². The fourth-order valence-corrected chi connectivity index (χ4v) is 2.31. The Morgan fingerprint density at radius 2 is 2.27 bits per heavy atom. The molecule has 114 valence electrons. The van der Waals surface area contributed by atoms with E-state index in [1.807, 2.05) is 26.1 Å². The van der Waals surface area contributed by atoms with Crippen LogP contribution in [-0.2, 0) is 16.0 Å². The average molecular weight is 300 g/mol. The van der Waals surface area contributed by atoms with E-state index in [-0.39, 0.29) is 12.4 Å². The Labute approximate surface area is 126 Å². The van der Waals surface area contributed by atoms with E-state index in [4.69, 9.17) is 4.74 Å². The van der Waals surface area contributed by atoms with E-state index in [2.05, 4.69) is 25.6 Å². The number of anilines is 2. The van der Waals surface area contributed by atoms with E-state index >= 15 is 0 Å². The average Bonchev–Trinajstić information content (AvgIpc) is 3.04. The van der Waals surface area contributed by atoms with Crippen LogP contribution in [0.2, 0.25) is 0 Å². The molecule has 0 atom stereocenters. The monoisotopic (exact) mass is 300 g/mol. The second-order valence-electron chi connectivity index (χ2n) is 5.00. The fraction of sp³-hybridized carbons (Fsp3) is 0.286. The number of fused-ring (bicyclic) bond motifs is 1. The number of carbonyl (C=O) groups is 1. The van der Waals surface area contributed by atoms with Crippen LogP contribution >= 0.6 is 0 Å². The van der Waals surface area contributed by atoms with Crippen LogP contribution < -0.4 is 5.32 Å². The molecule has 0 spiro atoms. The maximum absolute atomic E-state index is 11.5. The van der Waals surface area contributed by atoms with Gasteiger partial charge in [-0.3, -0.25) is 9.89 Å². The van der Waals surface area contributed by atoms with Crippen LogP contribution in [0, 0.1) is 13.8 Å². The summed E-state index contributed by atoms with van der Waals surface area (Å²) >= 11 is 0. The Balaban J connectivity index is 2.02. The van der Waals surface area contributed by atoms with Gasteiger partial charge >= 0.3 is 5.97 Å². The third-order valence-electron chi connectivity index (χ3n) is 3.45. The van der Waals surface area contributed by atoms with Crippen molar-refractivity contribution in [2.45, 2.75) is 20.3 Å². The number of hydrogen-bond donors (Lipinski definition) is 2. The number of aryl methyl sites for hydroxylation is 2. The van der Waals surface area contributed by atoms with Crippen LogP contribution in [0.4, 0.5) is 11.6 Å². The summed E-state index contributed by atoms with van der Waals surface area (Å²) in [4.78, 5) is 15.8. The van der Waals surface area contributed by atoms with E-state index in [9.17, 15) is 4.79 Å².